The first-order valence-electron chi connectivity index (χ1n) is 10.3. The second-order valence-corrected chi connectivity index (χ2v) is 8.19. The zero-order chi connectivity index (χ0) is 22.3. The molecule has 2 N–H and O–H groups in total. The molecule has 0 bridgehead atoms. The number of carbonyl (C=O) groups excluding carboxylic acids is 3. The van der Waals surface area contributed by atoms with Gasteiger partial charge in [-0.25, -0.2) is 5.01 Å². The number of benzene rings is 2. The van der Waals surface area contributed by atoms with Crippen molar-refractivity contribution < 1.29 is 14.4 Å². The van der Waals surface area contributed by atoms with Crippen LogP contribution in [0.2, 0.25) is 0 Å². The molecule has 2 heterocycles. The van der Waals surface area contributed by atoms with Gasteiger partial charge in [0.25, 0.3) is 5.91 Å². The zero-order valence-corrected chi connectivity index (χ0v) is 18.1. The number of thiophene rings is 1. The molecular weight excluding hydrogens is 424 g/mol. The Morgan fingerprint density at radius 2 is 1.69 bits per heavy atom. The number of hydrogen-bond acceptors (Lipinski definition) is 5. The predicted octanol–water partition coefficient (Wildman–Crippen LogP) is 4.36. The Bertz CT molecular complexity index is 1140. The SMILES string of the molecule is O=C(CCC(=O)N1CCC(c2ccccc2)=N1)Nc1cccc(NC(=O)c2cccs2)c1. The van der Waals surface area contributed by atoms with Crippen LogP contribution in [0, 0.1) is 0 Å². The van der Waals surface area contributed by atoms with E-state index in [2.05, 4.69) is 15.7 Å². The van der Waals surface area contributed by atoms with E-state index >= 15 is 0 Å². The number of nitrogens with zero attached hydrogens (tertiary/aromatic N) is 2. The fraction of sp³-hybridized carbons (Fsp3) is 0.167. The Balaban J connectivity index is 1.27. The molecular formula is C24H22N4O3S. The van der Waals surface area contributed by atoms with Crippen LogP contribution in [0.5, 0.6) is 0 Å². The van der Waals surface area contributed by atoms with Crippen LogP contribution < -0.4 is 10.6 Å². The van der Waals surface area contributed by atoms with E-state index in [1.807, 2.05) is 41.8 Å². The van der Waals surface area contributed by atoms with Crippen LogP contribution in [-0.4, -0.2) is 35.0 Å². The van der Waals surface area contributed by atoms with Gasteiger partial charge in [0.05, 0.1) is 17.1 Å². The number of hydrazone groups is 1. The third-order valence-corrected chi connectivity index (χ3v) is 5.78. The van der Waals surface area contributed by atoms with Crippen molar-refractivity contribution in [2.75, 3.05) is 17.2 Å². The largest absolute Gasteiger partial charge is 0.326 e. The monoisotopic (exact) mass is 446 g/mol. The van der Waals surface area contributed by atoms with E-state index in [9.17, 15) is 14.4 Å². The molecule has 32 heavy (non-hydrogen) atoms. The van der Waals surface area contributed by atoms with Crippen LogP contribution in [-0.2, 0) is 9.59 Å². The molecule has 0 spiro atoms. The summed E-state index contributed by atoms with van der Waals surface area (Å²) >= 11 is 1.36. The average molecular weight is 447 g/mol. The fourth-order valence-electron chi connectivity index (χ4n) is 3.32. The number of rotatable bonds is 7. The molecule has 3 amide bonds. The fourth-order valence-corrected chi connectivity index (χ4v) is 3.94. The molecule has 162 valence electrons. The Hall–Kier alpha value is -3.78. The van der Waals surface area contributed by atoms with E-state index in [4.69, 9.17) is 0 Å². The molecule has 1 aromatic heterocycles. The predicted molar refractivity (Wildman–Crippen MR) is 126 cm³/mol. The highest BCUT2D eigenvalue weighted by molar-refractivity contribution is 7.12. The van der Waals surface area contributed by atoms with E-state index < -0.39 is 0 Å². The lowest BCUT2D eigenvalue weighted by atomic mass is 10.1. The molecule has 0 aliphatic carbocycles. The summed E-state index contributed by atoms with van der Waals surface area (Å²) in [5.74, 6) is -0.648. The molecule has 0 atom stereocenters. The normalized spacial score (nSPS) is 12.9. The summed E-state index contributed by atoms with van der Waals surface area (Å²) in [7, 11) is 0. The lowest BCUT2D eigenvalue weighted by Gasteiger charge is -2.11. The quantitative estimate of drug-likeness (QED) is 0.565. The van der Waals surface area contributed by atoms with Crippen molar-refractivity contribution in [3.63, 3.8) is 0 Å². The molecule has 1 aliphatic rings. The highest BCUT2D eigenvalue weighted by atomic mass is 32.1. The summed E-state index contributed by atoms with van der Waals surface area (Å²) < 4.78 is 0. The van der Waals surface area contributed by atoms with Crippen molar-refractivity contribution in [3.05, 3.63) is 82.6 Å². The van der Waals surface area contributed by atoms with Gasteiger partial charge in [-0.05, 0) is 35.2 Å². The van der Waals surface area contributed by atoms with Crippen molar-refractivity contribution in [2.24, 2.45) is 5.10 Å². The van der Waals surface area contributed by atoms with Crippen molar-refractivity contribution >= 4 is 46.1 Å². The second-order valence-electron chi connectivity index (χ2n) is 7.24. The summed E-state index contributed by atoms with van der Waals surface area (Å²) in [6.07, 6.45) is 0.829. The maximum absolute atomic E-state index is 12.5. The smallest absolute Gasteiger partial charge is 0.265 e. The van der Waals surface area contributed by atoms with Crippen LogP contribution in [0.15, 0.2) is 77.2 Å². The second kappa shape index (κ2) is 10.0. The van der Waals surface area contributed by atoms with Gasteiger partial charge < -0.3 is 10.6 Å². The first kappa shape index (κ1) is 21.5. The topological polar surface area (TPSA) is 90.9 Å². The maximum Gasteiger partial charge on any atom is 0.265 e. The average Bonchev–Trinajstić information content (AvgIpc) is 3.51. The van der Waals surface area contributed by atoms with Gasteiger partial charge >= 0.3 is 0 Å². The Morgan fingerprint density at radius 1 is 0.906 bits per heavy atom. The van der Waals surface area contributed by atoms with Gasteiger partial charge in [-0.1, -0.05) is 42.5 Å². The van der Waals surface area contributed by atoms with Crippen LogP contribution in [0.1, 0.15) is 34.5 Å². The Morgan fingerprint density at radius 3 is 2.44 bits per heavy atom. The summed E-state index contributed by atoms with van der Waals surface area (Å²) in [5.41, 5.74) is 3.02. The number of carbonyl (C=O) groups is 3. The minimum Gasteiger partial charge on any atom is -0.326 e. The van der Waals surface area contributed by atoms with Crippen molar-refractivity contribution in [3.8, 4) is 0 Å². The third-order valence-electron chi connectivity index (χ3n) is 4.91. The highest BCUT2D eigenvalue weighted by Crippen LogP contribution is 2.19. The molecule has 2 aromatic carbocycles. The van der Waals surface area contributed by atoms with Gasteiger partial charge in [0.15, 0.2) is 0 Å². The first-order chi connectivity index (χ1) is 15.6. The summed E-state index contributed by atoms with van der Waals surface area (Å²) in [6, 6.07) is 20.2. The van der Waals surface area contributed by atoms with E-state index in [-0.39, 0.29) is 30.6 Å². The Labute approximate surface area is 189 Å². The van der Waals surface area contributed by atoms with E-state index in [0.717, 1.165) is 11.3 Å². The van der Waals surface area contributed by atoms with Gasteiger partial charge in [0, 0.05) is 30.6 Å². The minimum atomic E-state index is -0.272. The molecule has 0 saturated carbocycles. The number of amides is 3. The van der Waals surface area contributed by atoms with Gasteiger partial charge in [-0.15, -0.1) is 11.3 Å². The molecule has 4 rings (SSSR count). The molecule has 7 nitrogen and oxygen atoms in total. The number of anilines is 2. The van der Waals surface area contributed by atoms with Crippen LogP contribution in [0.3, 0.4) is 0 Å². The van der Waals surface area contributed by atoms with Gasteiger partial charge in [0.2, 0.25) is 11.8 Å². The summed E-state index contributed by atoms with van der Waals surface area (Å²) in [6.45, 7) is 0.524. The van der Waals surface area contributed by atoms with E-state index in [0.29, 0.717) is 29.2 Å². The van der Waals surface area contributed by atoms with Crippen molar-refractivity contribution in [1.82, 2.24) is 5.01 Å². The molecule has 1 aliphatic heterocycles. The van der Waals surface area contributed by atoms with Gasteiger partial charge in [0.1, 0.15) is 0 Å². The van der Waals surface area contributed by atoms with Crippen LogP contribution in [0.4, 0.5) is 11.4 Å². The first-order valence-corrected chi connectivity index (χ1v) is 11.1. The van der Waals surface area contributed by atoms with Crippen molar-refractivity contribution in [2.45, 2.75) is 19.3 Å². The summed E-state index contributed by atoms with van der Waals surface area (Å²) in [4.78, 5) is 37.6. The van der Waals surface area contributed by atoms with E-state index in [1.54, 1.807) is 30.3 Å². The molecule has 0 fully saturated rings. The highest BCUT2D eigenvalue weighted by Gasteiger charge is 2.22. The zero-order valence-electron chi connectivity index (χ0n) is 17.3. The molecule has 3 aromatic rings. The maximum atomic E-state index is 12.5. The molecule has 0 unspecified atom stereocenters. The Kier molecular flexibility index (Phi) is 6.72. The number of nitrogens with one attached hydrogen (secondary N) is 2. The van der Waals surface area contributed by atoms with Gasteiger partial charge in [-0.2, -0.15) is 5.10 Å². The lowest BCUT2D eigenvalue weighted by molar-refractivity contribution is -0.132. The standard InChI is InChI=1S/C24H22N4O3S/c29-22(11-12-23(30)28-14-13-20(27-28)17-6-2-1-3-7-17)25-18-8-4-9-19(16-18)26-24(31)21-10-5-15-32-21/h1-10,15-16H,11-14H2,(H,25,29)(H,26,31). The van der Waals surface area contributed by atoms with E-state index in [1.165, 1.54) is 16.3 Å². The van der Waals surface area contributed by atoms with Crippen molar-refractivity contribution in [1.29, 1.82) is 0 Å². The molecule has 8 heteroatoms. The van der Waals surface area contributed by atoms with Crippen LogP contribution in [0.25, 0.3) is 0 Å². The third kappa shape index (κ3) is 5.47. The summed E-state index contributed by atoms with van der Waals surface area (Å²) in [5, 5.41) is 13.3. The lowest BCUT2D eigenvalue weighted by Crippen LogP contribution is -2.25. The number of hydrogen-bond donors (Lipinski definition) is 2. The van der Waals surface area contributed by atoms with Gasteiger partial charge in [-0.3, -0.25) is 14.4 Å². The molecule has 0 saturated heterocycles. The van der Waals surface area contributed by atoms with Crippen LogP contribution >= 0.6 is 11.3 Å². The minimum absolute atomic E-state index is 0.0529. The molecule has 0 radical (unpaired) electrons.